The lowest BCUT2D eigenvalue weighted by molar-refractivity contribution is -0.137. The van der Waals surface area contributed by atoms with Crippen LogP contribution < -0.4 is 5.32 Å². The summed E-state index contributed by atoms with van der Waals surface area (Å²) in [6.45, 7) is 4.62. The summed E-state index contributed by atoms with van der Waals surface area (Å²) in [6, 6.07) is 5.88. The highest BCUT2D eigenvalue weighted by molar-refractivity contribution is 7.99. The standard InChI is InChI=1S/C17H22N2O4S/c1-11(2)8-18-16(21)14-9-24-10-19(14)15(20)7-12-4-3-5-13(6-12)17(22)23/h3-6,11,14H,7-10H2,1-2H3,(H,18,21)(H,22,23). The fourth-order valence-electron chi connectivity index (χ4n) is 2.42. The summed E-state index contributed by atoms with van der Waals surface area (Å²) in [5.41, 5.74) is 0.792. The number of thioether (sulfide) groups is 1. The van der Waals surface area contributed by atoms with E-state index in [4.69, 9.17) is 5.11 Å². The third-order valence-electron chi connectivity index (χ3n) is 3.72. The molecule has 1 aromatic carbocycles. The van der Waals surface area contributed by atoms with Gasteiger partial charge in [0.1, 0.15) is 6.04 Å². The Morgan fingerprint density at radius 3 is 2.79 bits per heavy atom. The maximum Gasteiger partial charge on any atom is 0.335 e. The van der Waals surface area contributed by atoms with Gasteiger partial charge in [-0.15, -0.1) is 11.8 Å². The number of nitrogens with one attached hydrogen (secondary N) is 1. The van der Waals surface area contributed by atoms with Crippen molar-refractivity contribution in [1.82, 2.24) is 10.2 Å². The van der Waals surface area contributed by atoms with E-state index < -0.39 is 12.0 Å². The smallest absolute Gasteiger partial charge is 0.335 e. The summed E-state index contributed by atoms with van der Waals surface area (Å²) < 4.78 is 0. The van der Waals surface area contributed by atoms with Crippen molar-refractivity contribution in [2.24, 2.45) is 5.92 Å². The second-order valence-corrected chi connectivity index (χ2v) is 7.20. The highest BCUT2D eigenvalue weighted by Crippen LogP contribution is 2.22. The van der Waals surface area contributed by atoms with Gasteiger partial charge in [0.15, 0.2) is 0 Å². The van der Waals surface area contributed by atoms with Gasteiger partial charge in [-0.1, -0.05) is 26.0 Å². The molecule has 1 saturated heterocycles. The van der Waals surface area contributed by atoms with Gasteiger partial charge >= 0.3 is 5.97 Å². The van der Waals surface area contributed by atoms with Crippen LogP contribution in [0, 0.1) is 5.92 Å². The average molecular weight is 350 g/mol. The summed E-state index contributed by atoms with van der Waals surface area (Å²) in [6.07, 6.45) is 0.0929. The van der Waals surface area contributed by atoms with Gasteiger partial charge in [0, 0.05) is 12.3 Å². The Hall–Kier alpha value is -2.02. The van der Waals surface area contributed by atoms with Crippen molar-refractivity contribution >= 4 is 29.5 Å². The lowest BCUT2D eigenvalue weighted by Crippen LogP contribution is -2.48. The Labute approximate surface area is 145 Å². The molecule has 1 unspecified atom stereocenters. The monoisotopic (exact) mass is 350 g/mol. The molecule has 2 N–H and O–H groups in total. The molecule has 1 heterocycles. The van der Waals surface area contributed by atoms with Crippen molar-refractivity contribution in [2.45, 2.75) is 26.3 Å². The zero-order chi connectivity index (χ0) is 17.7. The van der Waals surface area contributed by atoms with E-state index in [1.54, 1.807) is 28.8 Å². The van der Waals surface area contributed by atoms with E-state index >= 15 is 0 Å². The molecule has 1 atom stereocenters. The fourth-order valence-corrected chi connectivity index (χ4v) is 3.60. The molecule has 0 aliphatic carbocycles. The Morgan fingerprint density at radius 2 is 2.12 bits per heavy atom. The van der Waals surface area contributed by atoms with E-state index in [1.807, 2.05) is 13.8 Å². The minimum absolute atomic E-state index is 0.0929. The SMILES string of the molecule is CC(C)CNC(=O)C1CSCN1C(=O)Cc1cccc(C(=O)O)c1. The van der Waals surface area contributed by atoms with Crippen molar-refractivity contribution in [3.63, 3.8) is 0 Å². The van der Waals surface area contributed by atoms with Crippen LogP contribution >= 0.6 is 11.8 Å². The summed E-state index contributed by atoms with van der Waals surface area (Å²) >= 11 is 1.55. The van der Waals surface area contributed by atoms with Crippen LogP contribution in [0.5, 0.6) is 0 Å². The summed E-state index contributed by atoms with van der Waals surface area (Å²) in [5, 5.41) is 11.9. The first-order chi connectivity index (χ1) is 11.4. The van der Waals surface area contributed by atoms with Gasteiger partial charge in [-0.2, -0.15) is 0 Å². The number of hydrogen-bond donors (Lipinski definition) is 2. The van der Waals surface area contributed by atoms with Crippen LogP contribution in [0.1, 0.15) is 29.8 Å². The number of carboxylic acids is 1. The fraction of sp³-hybridized carbons (Fsp3) is 0.471. The molecule has 130 valence electrons. The van der Waals surface area contributed by atoms with Crippen molar-refractivity contribution in [1.29, 1.82) is 0 Å². The number of carboxylic acid groups (broad SMARTS) is 1. The van der Waals surface area contributed by atoms with E-state index in [0.717, 1.165) is 0 Å². The van der Waals surface area contributed by atoms with E-state index in [-0.39, 0.29) is 23.8 Å². The maximum absolute atomic E-state index is 12.5. The lowest BCUT2D eigenvalue weighted by Gasteiger charge is -2.23. The Kier molecular flexibility index (Phi) is 6.25. The third-order valence-corrected chi connectivity index (χ3v) is 4.73. The zero-order valence-electron chi connectivity index (χ0n) is 13.8. The molecule has 1 fully saturated rings. The Bertz CT molecular complexity index is 633. The van der Waals surface area contributed by atoms with E-state index in [0.29, 0.717) is 29.7 Å². The third kappa shape index (κ3) is 4.74. The normalized spacial score (nSPS) is 17.1. The van der Waals surface area contributed by atoms with Crippen LogP contribution in [-0.2, 0) is 16.0 Å². The molecule has 1 aliphatic rings. The number of nitrogens with zero attached hydrogens (tertiary/aromatic N) is 1. The molecule has 2 amide bonds. The molecule has 0 saturated carbocycles. The molecule has 2 rings (SSSR count). The molecule has 0 bridgehead atoms. The highest BCUT2D eigenvalue weighted by atomic mass is 32.2. The number of benzene rings is 1. The second kappa shape index (κ2) is 8.19. The number of hydrogen-bond acceptors (Lipinski definition) is 4. The van der Waals surface area contributed by atoms with E-state index in [9.17, 15) is 14.4 Å². The molecule has 0 spiro atoms. The largest absolute Gasteiger partial charge is 0.478 e. The van der Waals surface area contributed by atoms with Crippen LogP contribution in [0.2, 0.25) is 0 Å². The number of aromatic carboxylic acids is 1. The summed E-state index contributed by atoms with van der Waals surface area (Å²) in [7, 11) is 0. The number of amides is 2. The van der Waals surface area contributed by atoms with E-state index in [1.165, 1.54) is 12.1 Å². The topological polar surface area (TPSA) is 86.7 Å². The van der Waals surface area contributed by atoms with Crippen LogP contribution in [0.3, 0.4) is 0 Å². The number of carbonyl (C=O) groups is 3. The van der Waals surface area contributed by atoms with Crippen molar-refractivity contribution < 1.29 is 19.5 Å². The van der Waals surface area contributed by atoms with Gasteiger partial charge in [-0.25, -0.2) is 4.79 Å². The van der Waals surface area contributed by atoms with Gasteiger partial charge in [0.05, 0.1) is 17.9 Å². The van der Waals surface area contributed by atoms with Crippen LogP contribution in [-0.4, -0.2) is 52.0 Å². The van der Waals surface area contributed by atoms with Crippen molar-refractivity contribution in [2.75, 3.05) is 18.2 Å². The minimum atomic E-state index is -1.02. The van der Waals surface area contributed by atoms with E-state index in [2.05, 4.69) is 5.32 Å². The first kappa shape index (κ1) is 18.3. The molecule has 7 heteroatoms. The molecule has 1 aliphatic heterocycles. The molecule has 1 aromatic rings. The van der Waals surface area contributed by atoms with Gasteiger partial charge in [-0.05, 0) is 23.6 Å². The Balaban J connectivity index is 2.01. The maximum atomic E-state index is 12.5. The average Bonchev–Trinajstić information content (AvgIpc) is 3.02. The Morgan fingerprint density at radius 1 is 1.38 bits per heavy atom. The zero-order valence-corrected chi connectivity index (χ0v) is 14.6. The molecule has 0 radical (unpaired) electrons. The molecule has 0 aromatic heterocycles. The number of carbonyl (C=O) groups excluding carboxylic acids is 2. The number of rotatable bonds is 6. The van der Waals surface area contributed by atoms with Crippen LogP contribution in [0.25, 0.3) is 0 Å². The molecule has 6 nitrogen and oxygen atoms in total. The first-order valence-electron chi connectivity index (χ1n) is 7.85. The molecule has 24 heavy (non-hydrogen) atoms. The first-order valence-corrected chi connectivity index (χ1v) is 9.01. The highest BCUT2D eigenvalue weighted by Gasteiger charge is 2.34. The quantitative estimate of drug-likeness (QED) is 0.814. The van der Waals surface area contributed by atoms with Gasteiger partial charge < -0.3 is 15.3 Å². The summed E-state index contributed by atoms with van der Waals surface area (Å²) in [4.78, 5) is 37.4. The van der Waals surface area contributed by atoms with Gasteiger partial charge in [0.2, 0.25) is 11.8 Å². The van der Waals surface area contributed by atoms with Crippen LogP contribution in [0.15, 0.2) is 24.3 Å². The van der Waals surface area contributed by atoms with Crippen molar-refractivity contribution in [3.05, 3.63) is 35.4 Å². The van der Waals surface area contributed by atoms with Gasteiger partial charge in [-0.3, -0.25) is 9.59 Å². The predicted octanol–water partition coefficient (Wildman–Crippen LogP) is 1.60. The predicted molar refractivity (Wildman–Crippen MR) is 92.9 cm³/mol. The van der Waals surface area contributed by atoms with Crippen molar-refractivity contribution in [3.8, 4) is 0 Å². The molecular weight excluding hydrogens is 328 g/mol. The lowest BCUT2D eigenvalue weighted by atomic mass is 10.1. The van der Waals surface area contributed by atoms with Crippen LogP contribution in [0.4, 0.5) is 0 Å². The summed E-state index contributed by atoms with van der Waals surface area (Å²) in [5.74, 6) is 0.119. The minimum Gasteiger partial charge on any atom is -0.478 e. The van der Waals surface area contributed by atoms with Gasteiger partial charge in [0.25, 0.3) is 0 Å². The molecular formula is C17H22N2O4S. The second-order valence-electron chi connectivity index (χ2n) is 6.20.